The van der Waals surface area contributed by atoms with Crippen molar-refractivity contribution >= 4 is 5.97 Å². The number of esters is 1. The number of benzene rings is 2. The van der Waals surface area contributed by atoms with Gasteiger partial charge in [-0.3, -0.25) is 0 Å². The maximum Gasteiger partial charge on any atom is 0.335 e. The molecule has 2 aromatic rings. The molecule has 1 N–H and O–H groups in total. The largest absolute Gasteiger partial charge is 0.462 e. The number of methoxy groups -OCH3 is 1. The molecule has 0 radical (unpaired) electrons. The summed E-state index contributed by atoms with van der Waals surface area (Å²) >= 11 is 0. The average molecular weight is 561 g/mol. The van der Waals surface area contributed by atoms with Crippen molar-refractivity contribution in [3.8, 4) is 11.1 Å². The Labute approximate surface area is 248 Å². The summed E-state index contributed by atoms with van der Waals surface area (Å²) in [6.07, 6.45) is 17.4. The number of aliphatic hydroxyl groups excluding tert-OH is 1. The highest BCUT2D eigenvalue weighted by Crippen LogP contribution is 2.37. The van der Waals surface area contributed by atoms with Crippen LogP contribution in [0.25, 0.3) is 11.1 Å². The number of hydrogen-bond acceptors (Lipinski definition) is 4. The Bertz CT molecular complexity index is 1130. The first-order chi connectivity index (χ1) is 20.0. The van der Waals surface area contributed by atoms with Crippen molar-refractivity contribution in [3.63, 3.8) is 0 Å². The molecule has 2 aromatic carbocycles. The summed E-state index contributed by atoms with van der Waals surface area (Å²) in [5.74, 6) is 1.42. The van der Waals surface area contributed by atoms with E-state index in [0.717, 1.165) is 24.7 Å². The third-order valence-electron chi connectivity index (χ3n) is 9.45. The third-order valence-corrected chi connectivity index (χ3v) is 9.45. The quantitative estimate of drug-likeness (QED) is 0.128. The van der Waals surface area contributed by atoms with Crippen molar-refractivity contribution in [2.45, 2.75) is 96.8 Å². The van der Waals surface area contributed by atoms with E-state index in [1.165, 1.54) is 105 Å². The van der Waals surface area contributed by atoms with Crippen molar-refractivity contribution in [1.29, 1.82) is 0 Å². The molecular formula is C37H52O4. The van der Waals surface area contributed by atoms with Crippen LogP contribution in [-0.2, 0) is 40.0 Å². The molecule has 2 aliphatic carbocycles. The van der Waals surface area contributed by atoms with Gasteiger partial charge in [-0.25, -0.2) is 4.79 Å². The third kappa shape index (κ3) is 9.28. The molecule has 0 heterocycles. The summed E-state index contributed by atoms with van der Waals surface area (Å²) in [5, 5.41) is 9.03. The highest BCUT2D eigenvalue weighted by molar-refractivity contribution is 5.87. The molecule has 2 aliphatic rings. The van der Waals surface area contributed by atoms with Gasteiger partial charge in [0.05, 0.1) is 25.4 Å². The summed E-state index contributed by atoms with van der Waals surface area (Å²) in [5.41, 5.74) is 9.11. The molecule has 1 atom stereocenters. The zero-order chi connectivity index (χ0) is 29.0. The van der Waals surface area contributed by atoms with Gasteiger partial charge in [0.2, 0.25) is 0 Å². The Balaban J connectivity index is 1.14. The zero-order valence-corrected chi connectivity index (χ0v) is 25.6. The Kier molecular flexibility index (Phi) is 12.5. The lowest BCUT2D eigenvalue weighted by atomic mass is 9.77. The van der Waals surface area contributed by atoms with E-state index in [-0.39, 0.29) is 18.1 Å². The predicted molar refractivity (Wildman–Crippen MR) is 168 cm³/mol. The van der Waals surface area contributed by atoms with Crippen LogP contribution >= 0.6 is 0 Å². The standard InChI is InChI=1S/C37H52O4/c1-4-7-30-16-20-35-33(22-30)18-19-34-23-31(17-21-36(34)35)15-14-29-12-10-28(11-13-29)8-5-6-9-32(25-40-3)26-41-37(39)27(2)24-38/h16-17,20-23,28-29,32,38H,2,4-15,18-19,24-26H2,1,3H3. The lowest BCUT2D eigenvalue weighted by Crippen LogP contribution is -2.20. The Morgan fingerprint density at radius 3 is 2.10 bits per heavy atom. The fraction of sp³-hybridized carbons (Fsp3) is 0.595. The molecule has 0 amide bonds. The van der Waals surface area contributed by atoms with Gasteiger partial charge >= 0.3 is 5.97 Å². The van der Waals surface area contributed by atoms with Crippen LogP contribution in [-0.4, -0.2) is 38.0 Å². The predicted octanol–water partition coefficient (Wildman–Crippen LogP) is 8.06. The molecule has 4 rings (SSSR count). The molecule has 1 fully saturated rings. The smallest absolute Gasteiger partial charge is 0.335 e. The van der Waals surface area contributed by atoms with Crippen molar-refractivity contribution < 1.29 is 19.4 Å². The molecule has 4 heteroatoms. The number of fused-ring (bicyclic) bond motifs is 3. The zero-order valence-electron chi connectivity index (χ0n) is 25.6. The van der Waals surface area contributed by atoms with Gasteiger partial charge in [-0.05, 0) is 83.7 Å². The van der Waals surface area contributed by atoms with E-state index >= 15 is 0 Å². The molecule has 224 valence electrons. The van der Waals surface area contributed by atoms with E-state index in [9.17, 15) is 4.79 Å². The second kappa shape index (κ2) is 16.3. The summed E-state index contributed by atoms with van der Waals surface area (Å²) in [4.78, 5) is 11.8. The number of hydrogen-bond donors (Lipinski definition) is 1. The first kappa shape index (κ1) is 31.5. The van der Waals surface area contributed by atoms with Crippen molar-refractivity contribution in [1.82, 2.24) is 0 Å². The lowest BCUT2D eigenvalue weighted by Gasteiger charge is -2.29. The van der Waals surface area contributed by atoms with Gasteiger partial charge in [-0.1, -0.05) is 101 Å². The van der Waals surface area contributed by atoms with Crippen LogP contribution in [0.1, 0.15) is 93.4 Å². The van der Waals surface area contributed by atoms with E-state index in [2.05, 4.69) is 49.9 Å². The number of aliphatic hydroxyl groups is 1. The van der Waals surface area contributed by atoms with Crippen LogP contribution in [0.3, 0.4) is 0 Å². The Morgan fingerprint density at radius 1 is 0.902 bits per heavy atom. The fourth-order valence-corrected chi connectivity index (χ4v) is 6.96. The van der Waals surface area contributed by atoms with Gasteiger partial charge in [-0.2, -0.15) is 0 Å². The van der Waals surface area contributed by atoms with E-state index in [4.69, 9.17) is 14.6 Å². The summed E-state index contributed by atoms with van der Waals surface area (Å²) < 4.78 is 10.6. The molecule has 0 bridgehead atoms. The molecular weight excluding hydrogens is 508 g/mol. The van der Waals surface area contributed by atoms with Gasteiger partial charge < -0.3 is 14.6 Å². The highest BCUT2D eigenvalue weighted by Gasteiger charge is 2.22. The maximum atomic E-state index is 11.8. The second-order valence-corrected chi connectivity index (χ2v) is 12.6. The minimum atomic E-state index is -0.511. The normalized spacial score (nSPS) is 18.8. The van der Waals surface area contributed by atoms with Gasteiger partial charge in [0.25, 0.3) is 0 Å². The minimum absolute atomic E-state index is 0.103. The molecule has 0 saturated heterocycles. The second-order valence-electron chi connectivity index (χ2n) is 12.6. The number of aryl methyl sites for hydroxylation is 4. The van der Waals surface area contributed by atoms with E-state index in [1.54, 1.807) is 12.7 Å². The Morgan fingerprint density at radius 2 is 1.51 bits per heavy atom. The molecule has 0 aromatic heterocycles. The number of unbranched alkanes of at least 4 members (excludes halogenated alkanes) is 1. The minimum Gasteiger partial charge on any atom is -0.462 e. The highest BCUT2D eigenvalue weighted by atomic mass is 16.5. The lowest BCUT2D eigenvalue weighted by molar-refractivity contribution is -0.141. The number of carbonyl (C=O) groups excluding carboxylic acids is 1. The number of carbonyl (C=O) groups is 1. The van der Waals surface area contributed by atoms with Crippen LogP contribution in [0.4, 0.5) is 0 Å². The van der Waals surface area contributed by atoms with Crippen LogP contribution in [0.15, 0.2) is 48.6 Å². The first-order valence-electron chi connectivity index (χ1n) is 16.2. The van der Waals surface area contributed by atoms with E-state index < -0.39 is 5.97 Å². The fourth-order valence-electron chi connectivity index (χ4n) is 6.96. The summed E-state index contributed by atoms with van der Waals surface area (Å²) in [6, 6.07) is 14.4. The number of ether oxygens (including phenoxy) is 2. The molecule has 4 nitrogen and oxygen atoms in total. The topological polar surface area (TPSA) is 55.8 Å². The summed E-state index contributed by atoms with van der Waals surface area (Å²) in [7, 11) is 1.69. The molecule has 1 saturated carbocycles. The van der Waals surface area contributed by atoms with Gasteiger partial charge in [0, 0.05) is 13.0 Å². The van der Waals surface area contributed by atoms with Crippen LogP contribution in [0.5, 0.6) is 0 Å². The van der Waals surface area contributed by atoms with Crippen molar-refractivity contribution in [2.75, 3.05) is 26.9 Å². The summed E-state index contributed by atoms with van der Waals surface area (Å²) in [6.45, 7) is 6.34. The van der Waals surface area contributed by atoms with Crippen molar-refractivity contribution in [2.24, 2.45) is 17.8 Å². The van der Waals surface area contributed by atoms with E-state index in [1.807, 2.05) is 0 Å². The Hall–Kier alpha value is -2.43. The van der Waals surface area contributed by atoms with Crippen LogP contribution in [0, 0.1) is 17.8 Å². The monoisotopic (exact) mass is 560 g/mol. The van der Waals surface area contributed by atoms with Gasteiger partial charge in [0.1, 0.15) is 0 Å². The molecule has 0 aliphatic heterocycles. The van der Waals surface area contributed by atoms with E-state index in [0.29, 0.717) is 13.2 Å². The van der Waals surface area contributed by atoms with Gasteiger partial charge in [0.15, 0.2) is 0 Å². The van der Waals surface area contributed by atoms with Gasteiger partial charge in [-0.15, -0.1) is 0 Å². The van der Waals surface area contributed by atoms with Crippen LogP contribution < -0.4 is 0 Å². The molecule has 41 heavy (non-hydrogen) atoms. The molecule has 1 unspecified atom stereocenters. The number of rotatable bonds is 16. The van der Waals surface area contributed by atoms with Crippen molar-refractivity contribution in [3.05, 3.63) is 70.8 Å². The maximum absolute atomic E-state index is 11.8. The SMILES string of the molecule is C=C(CO)C(=O)OCC(CCCCC1CCC(CCc2ccc3c(c2)CCc2cc(CCC)ccc2-3)CC1)COC. The average Bonchev–Trinajstić information content (AvgIpc) is 3.00. The first-order valence-corrected chi connectivity index (χ1v) is 16.2. The molecule has 0 spiro atoms. The van der Waals surface area contributed by atoms with Crippen LogP contribution in [0.2, 0.25) is 0 Å².